The van der Waals surface area contributed by atoms with Gasteiger partial charge in [0.2, 0.25) is 0 Å². The average Bonchev–Trinajstić information content (AvgIpc) is 2.64. The van der Waals surface area contributed by atoms with Gasteiger partial charge in [-0.15, -0.1) is 0 Å². The van der Waals surface area contributed by atoms with Crippen molar-refractivity contribution >= 4 is 11.7 Å². The predicted molar refractivity (Wildman–Crippen MR) is 81.0 cm³/mol. The van der Waals surface area contributed by atoms with Gasteiger partial charge in [0.05, 0.1) is 0 Å². The number of carboxylic acid groups (broad SMARTS) is 1. The summed E-state index contributed by atoms with van der Waals surface area (Å²) in [7, 11) is 0. The van der Waals surface area contributed by atoms with Gasteiger partial charge in [-0.2, -0.15) is 0 Å². The van der Waals surface area contributed by atoms with Gasteiger partial charge in [0.1, 0.15) is 0 Å². The molecule has 0 bridgehead atoms. The van der Waals surface area contributed by atoms with Crippen LogP contribution in [0.4, 0.5) is 0 Å². The standard InChI is InChI=1S/C17H23NO2/c1-12(18)14-3-2-4-15(10-9-14)16-7-5-13(6-8-16)11-17(19)20/h3-4,9-10,13,16,18H,2,5-8,11H2,1H3,(H,19,20). The molecular formula is C17H23NO2. The molecule has 0 amide bonds. The zero-order chi connectivity index (χ0) is 14.5. The fourth-order valence-corrected chi connectivity index (χ4v) is 3.17. The van der Waals surface area contributed by atoms with Crippen LogP contribution in [0.3, 0.4) is 0 Å². The molecule has 0 saturated heterocycles. The summed E-state index contributed by atoms with van der Waals surface area (Å²) in [6.07, 6.45) is 14.0. The molecule has 0 atom stereocenters. The summed E-state index contributed by atoms with van der Waals surface area (Å²) in [5.41, 5.74) is 2.99. The molecule has 2 aliphatic carbocycles. The molecule has 2 aliphatic rings. The molecule has 3 heteroatoms. The Kier molecular flexibility index (Phi) is 4.94. The minimum Gasteiger partial charge on any atom is -0.481 e. The normalized spacial score (nSPS) is 26.4. The van der Waals surface area contributed by atoms with Crippen LogP contribution in [-0.2, 0) is 4.79 Å². The van der Waals surface area contributed by atoms with E-state index in [0.29, 0.717) is 24.0 Å². The molecule has 2 N–H and O–H groups in total. The number of allylic oxidation sites excluding steroid dienone is 6. The third-order valence-electron chi connectivity index (χ3n) is 4.36. The summed E-state index contributed by atoms with van der Waals surface area (Å²) in [5.74, 6) is 0.254. The lowest BCUT2D eigenvalue weighted by Gasteiger charge is -2.28. The van der Waals surface area contributed by atoms with Crippen LogP contribution in [0.1, 0.15) is 45.4 Å². The first kappa shape index (κ1) is 14.8. The van der Waals surface area contributed by atoms with Gasteiger partial charge in [-0.1, -0.05) is 24.3 Å². The minimum atomic E-state index is -0.669. The maximum atomic E-state index is 10.7. The Labute approximate surface area is 120 Å². The highest BCUT2D eigenvalue weighted by Crippen LogP contribution is 2.36. The highest BCUT2D eigenvalue weighted by Gasteiger charge is 2.24. The van der Waals surface area contributed by atoms with Crippen LogP contribution >= 0.6 is 0 Å². The van der Waals surface area contributed by atoms with Crippen molar-refractivity contribution in [3.05, 3.63) is 35.5 Å². The van der Waals surface area contributed by atoms with Crippen LogP contribution in [-0.4, -0.2) is 16.8 Å². The van der Waals surface area contributed by atoms with Gasteiger partial charge in [0.15, 0.2) is 0 Å². The van der Waals surface area contributed by atoms with Crippen LogP contribution in [0, 0.1) is 17.2 Å². The van der Waals surface area contributed by atoms with Crippen LogP contribution in [0.25, 0.3) is 0 Å². The lowest BCUT2D eigenvalue weighted by atomic mass is 9.77. The molecule has 0 spiro atoms. The number of rotatable bonds is 4. The molecule has 0 unspecified atom stereocenters. The second kappa shape index (κ2) is 6.69. The van der Waals surface area contributed by atoms with Crippen LogP contribution in [0.2, 0.25) is 0 Å². The van der Waals surface area contributed by atoms with E-state index in [1.54, 1.807) is 0 Å². The summed E-state index contributed by atoms with van der Waals surface area (Å²) in [5, 5.41) is 16.5. The smallest absolute Gasteiger partial charge is 0.303 e. The molecule has 2 rings (SSSR count). The number of hydrogen-bond donors (Lipinski definition) is 2. The van der Waals surface area contributed by atoms with Crippen molar-refractivity contribution in [1.82, 2.24) is 0 Å². The quantitative estimate of drug-likeness (QED) is 0.757. The van der Waals surface area contributed by atoms with E-state index in [1.165, 1.54) is 5.57 Å². The molecule has 1 saturated carbocycles. The lowest BCUT2D eigenvalue weighted by molar-refractivity contribution is -0.138. The molecule has 0 aliphatic heterocycles. The Morgan fingerprint density at radius 2 is 1.95 bits per heavy atom. The number of carbonyl (C=O) groups is 1. The lowest BCUT2D eigenvalue weighted by Crippen LogP contribution is -2.18. The van der Waals surface area contributed by atoms with E-state index in [4.69, 9.17) is 10.5 Å². The largest absolute Gasteiger partial charge is 0.481 e. The molecule has 0 aromatic rings. The monoisotopic (exact) mass is 273 g/mol. The molecule has 0 heterocycles. The van der Waals surface area contributed by atoms with Gasteiger partial charge in [0.25, 0.3) is 0 Å². The third kappa shape index (κ3) is 3.92. The summed E-state index contributed by atoms with van der Waals surface area (Å²) >= 11 is 0. The van der Waals surface area contributed by atoms with Crippen molar-refractivity contribution in [3.63, 3.8) is 0 Å². The highest BCUT2D eigenvalue weighted by molar-refractivity contribution is 5.98. The van der Waals surface area contributed by atoms with Gasteiger partial charge in [-0.3, -0.25) is 4.79 Å². The van der Waals surface area contributed by atoms with Crippen LogP contribution in [0.5, 0.6) is 0 Å². The Hall–Kier alpha value is -1.64. The van der Waals surface area contributed by atoms with E-state index in [1.807, 2.05) is 13.0 Å². The first-order valence-electron chi connectivity index (χ1n) is 7.42. The third-order valence-corrected chi connectivity index (χ3v) is 4.36. The van der Waals surface area contributed by atoms with Crippen molar-refractivity contribution < 1.29 is 9.90 Å². The fourth-order valence-electron chi connectivity index (χ4n) is 3.17. The molecule has 3 nitrogen and oxygen atoms in total. The molecule has 1 fully saturated rings. The highest BCUT2D eigenvalue weighted by atomic mass is 16.4. The topological polar surface area (TPSA) is 61.2 Å². The summed E-state index contributed by atoms with van der Waals surface area (Å²) < 4.78 is 0. The first-order valence-corrected chi connectivity index (χ1v) is 7.42. The molecular weight excluding hydrogens is 250 g/mol. The van der Waals surface area contributed by atoms with E-state index in [2.05, 4.69) is 18.2 Å². The summed E-state index contributed by atoms with van der Waals surface area (Å²) in [4.78, 5) is 10.7. The summed E-state index contributed by atoms with van der Waals surface area (Å²) in [6.45, 7) is 1.82. The van der Waals surface area contributed by atoms with Gasteiger partial charge < -0.3 is 10.5 Å². The molecule has 0 aromatic heterocycles. The average molecular weight is 273 g/mol. The van der Waals surface area contributed by atoms with Crippen molar-refractivity contribution in [1.29, 1.82) is 5.41 Å². The SMILES string of the molecule is CC(=N)C1=CCC=C(C2CCC(CC(=O)O)CC2)C=C1. The van der Waals surface area contributed by atoms with E-state index in [9.17, 15) is 4.79 Å². The van der Waals surface area contributed by atoms with E-state index >= 15 is 0 Å². The van der Waals surface area contributed by atoms with Crippen molar-refractivity contribution in [2.75, 3.05) is 0 Å². The van der Waals surface area contributed by atoms with Crippen molar-refractivity contribution in [2.45, 2.75) is 45.4 Å². The molecule has 108 valence electrons. The molecule has 20 heavy (non-hydrogen) atoms. The van der Waals surface area contributed by atoms with Crippen molar-refractivity contribution in [2.24, 2.45) is 11.8 Å². The van der Waals surface area contributed by atoms with Gasteiger partial charge in [0, 0.05) is 12.1 Å². The Morgan fingerprint density at radius 1 is 1.25 bits per heavy atom. The van der Waals surface area contributed by atoms with E-state index in [-0.39, 0.29) is 0 Å². The Balaban J connectivity index is 1.92. The van der Waals surface area contributed by atoms with Gasteiger partial charge in [-0.25, -0.2) is 0 Å². The first-order chi connectivity index (χ1) is 9.56. The second-order valence-electron chi connectivity index (χ2n) is 5.87. The fraction of sp³-hybridized carbons (Fsp3) is 0.529. The molecule has 0 radical (unpaired) electrons. The predicted octanol–water partition coefficient (Wildman–Crippen LogP) is 4.12. The number of carboxylic acids is 1. The van der Waals surface area contributed by atoms with Crippen LogP contribution < -0.4 is 0 Å². The number of hydrogen-bond acceptors (Lipinski definition) is 2. The number of nitrogens with one attached hydrogen (secondary N) is 1. The van der Waals surface area contributed by atoms with E-state index in [0.717, 1.165) is 37.7 Å². The maximum Gasteiger partial charge on any atom is 0.303 e. The second-order valence-corrected chi connectivity index (χ2v) is 5.87. The minimum absolute atomic E-state index is 0.320. The van der Waals surface area contributed by atoms with Gasteiger partial charge in [-0.05, 0) is 62.0 Å². The Bertz CT molecular complexity index is 477. The van der Waals surface area contributed by atoms with Gasteiger partial charge >= 0.3 is 5.97 Å². The zero-order valence-electron chi connectivity index (χ0n) is 12.1. The van der Waals surface area contributed by atoms with Crippen molar-refractivity contribution in [3.8, 4) is 0 Å². The van der Waals surface area contributed by atoms with E-state index < -0.39 is 5.97 Å². The van der Waals surface area contributed by atoms with Crippen LogP contribution in [0.15, 0.2) is 35.5 Å². The molecule has 0 aromatic carbocycles. The Morgan fingerprint density at radius 3 is 2.55 bits per heavy atom. The number of aliphatic carboxylic acids is 1. The maximum absolute atomic E-state index is 10.7. The zero-order valence-corrected chi connectivity index (χ0v) is 12.1. The summed E-state index contributed by atoms with van der Waals surface area (Å²) in [6, 6.07) is 0.